The average Bonchev–Trinajstić information content (AvgIpc) is 2.75. The molecule has 3 unspecified atom stereocenters. The van der Waals surface area contributed by atoms with E-state index in [1.807, 2.05) is 0 Å². The number of hydrogen-bond acceptors (Lipinski definition) is 3. The monoisotopic (exact) mass is 268 g/mol. The zero-order valence-electron chi connectivity index (χ0n) is 12.5. The molecule has 19 heavy (non-hydrogen) atoms. The van der Waals surface area contributed by atoms with Gasteiger partial charge < -0.3 is 9.64 Å². The van der Waals surface area contributed by atoms with E-state index in [1.165, 1.54) is 0 Å². The summed E-state index contributed by atoms with van der Waals surface area (Å²) in [5.74, 6) is 0.736. The molecule has 4 heteroatoms. The topological polar surface area (TPSA) is 41.6 Å². The van der Waals surface area contributed by atoms with Crippen molar-refractivity contribution in [2.75, 3.05) is 13.2 Å². The van der Waals surface area contributed by atoms with Crippen LogP contribution in [0.2, 0.25) is 0 Å². The second kappa shape index (κ2) is 6.71. The summed E-state index contributed by atoms with van der Waals surface area (Å²) in [6.07, 6.45) is 5.55. The van der Waals surface area contributed by atoms with Crippen molar-refractivity contribution in [2.24, 2.45) is 5.92 Å². The SMILES string of the molecule is CCCCC1NC(C(C)C)N(C2CCCOC2)C1=O. The highest BCUT2D eigenvalue weighted by molar-refractivity contribution is 5.84. The van der Waals surface area contributed by atoms with Gasteiger partial charge in [0, 0.05) is 6.61 Å². The summed E-state index contributed by atoms with van der Waals surface area (Å²) in [6.45, 7) is 8.09. The van der Waals surface area contributed by atoms with Crippen molar-refractivity contribution in [1.82, 2.24) is 10.2 Å². The maximum absolute atomic E-state index is 12.6. The molecule has 2 aliphatic rings. The normalized spacial score (nSPS) is 32.3. The van der Waals surface area contributed by atoms with Gasteiger partial charge in [0.25, 0.3) is 0 Å². The minimum atomic E-state index is 0.0225. The molecule has 1 N–H and O–H groups in total. The Bertz CT molecular complexity index is 301. The van der Waals surface area contributed by atoms with Crippen LogP contribution in [0.4, 0.5) is 0 Å². The highest BCUT2D eigenvalue weighted by atomic mass is 16.5. The number of nitrogens with zero attached hydrogens (tertiary/aromatic N) is 1. The van der Waals surface area contributed by atoms with Gasteiger partial charge in [-0.05, 0) is 25.2 Å². The molecule has 2 fully saturated rings. The molecule has 110 valence electrons. The van der Waals surface area contributed by atoms with Crippen LogP contribution >= 0.6 is 0 Å². The zero-order chi connectivity index (χ0) is 13.8. The lowest BCUT2D eigenvalue weighted by molar-refractivity contribution is -0.136. The predicted octanol–water partition coefficient (Wildman–Crippen LogP) is 2.14. The Hall–Kier alpha value is -0.610. The van der Waals surface area contributed by atoms with E-state index in [4.69, 9.17) is 4.74 Å². The van der Waals surface area contributed by atoms with E-state index in [-0.39, 0.29) is 18.2 Å². The first-order valence-corrected chi connectivity index (χ1v) is 7.81. The third kappa shape index (κ3) is 3.29. The minimum Gasteiger partial charge on any atom is -0.379 e. The van der Waals surface area contributed by atoms with Crippen LogP contribution in [-0.2, 0) is 9.53 Å². The van der Waals surface area contributed by atoms with Crippen LogP contribution in [-0.4, -0.2) is 42.3 Å². The molecule has 0 aromatic heterocycles. The number of nitrogens with one attached hydrogen (secondary N) is 1. The maximum Gasteiger partial charge on any atom is 0.241 e. The van der Waals surface area contributed by atoms with Gasteiger partial charge in [0.1, 0.15) is 0 Å². The van der Waals surface area contributed by atoms with Crippen LogP contribution in [0, 0.1) is 5.92 Å². The third-order valence-corrected chi connectivity index (χ3v) is 4.23. The summed E-state index contributed by atoms with van der Waals surface area (Å²) in [5, 5.41) is 3.54. The molecule has 1 amide bonds. The van der Waals surface area contributed by atoms with Crippen molar-refractivity contribution >= 4 is 5.91 Å². The van der Waals surface area contributed by atoms with Crippen molar-refractivity contribution in [1.29, 1.82) is 0 Å². The van der Waals surface area contributed by atoms with E-state index in [2.05, 4.69) is 31.0 Å². The molecule has 0 aromatic carbocycles. The van der Waals surface area contributed by atoms with Crippen LogP contribution in [0.5, 0.6) is 0 Å². The molecule has 3 atom stereocenters. The molecule has 2 saturated heterocycles. The highest BCUT2D eigenvalue weighted by Gasteiger charge is 2.43. The maximum atomic E-state index is 12.6. The lowest BCUT2D eigenvalue weighted by atomic mass is 10.0. The number of carbonyl (C=O) groups is 1. The smallest absolute Gasteiger partial charge is 0.241 e. The van der Waals surface area contributed by atoms with Crippen molar-refractivity contribution in [3.05, 3.63) is 0 Å². The molecule has 0 bridgehead atoms. The summed E-state index contributed by atoms with van der Waals surface area (Å²) < 4.78 is 5.57. The Morgan fingerprint density at radius 1 is 1.47 bits per heavy atom. The van der Waals surface area contributed by atoms with Gasteiger partial charge in [-0.1, -0.05) is 33.6 Å². The van der Waals surface area contributed by atoms with Gasteiger partial charge in [0.05, 0.1) is 24.9 Å². The van der Waals surface area contributed by atoms with Crippen molar-refractivity contribution in [3.8, 4) is 0 Å². The summed E-state index contributed by atoms with van der Waals surface area (Å²) in [7, 11) is 0. The third-order valence-electron chi connectivity index (χ3n) is 4.23. The number of rotatable bonds is 5. The largest absolute Gasteiger partial charge is 0.379 e. The van der Waals surface area contributed by atoms with Gasteiger partial charge in [0.2, 0.25) is 5.91 Å². The van der Waals surface area contributed by atoms with Crippen molar-refractivity contribution in [3.63, 3.8) is 0 Å². The number of carbonyl (C=O) groups excluding carboxylic acids is 1. The zero-order valence-corrected chi connectivity index (χ0v) is 12.5. The van der Waals surface area contributed by atoms with Crippen LogP contribution < -0.4 is 5.32 Å². The van der Waals surface area contributed by atoms with Crippen LogP contribution in [0.1, 0.15) is 52.9 Å². The number of hydrogen-bond donors (Lipinski definition) is 1. The Morgan fingerprint density at radius 2 is 2.26 bits per heavy atom. The van der Waals surface area contributed by atoms with E-state index in [0.717, 1.165) is 38.7 Å². The standard InChI is InChI=1S/C15H28N2O2/c1-4-5-8-13-15(18)17(14(16-13)11(2)3)12-7-6-9-19-10-12/h11-14,16H,4-10H2,1-3H3. The first kappa shape index (κ1) is 14.8. The van der Waals surface area contributed by atoms with Crippen molar-refractivity contribution in [2.45, 2.75) is 71.1 Å². The quantitative estimate of drug-likeness (QED) is 0.830. The van der Waals surface area contributed by atoms with Gasteiger partial charge in [-0.3, -0.25) is 10.1 Å². The van der Waals surface area contributed by atoms with Gasteiger partial charge in [-0.2, -0.15) is 0 Å². The molecule has 0 saturated carbocycles. The van der Waals surface area contributed by atoms with Gasteiger partial charge in [-0.25, -0.2) is 0 Å². The summed E-state index contributed by atoms with van der Waals surface area (Å²) in [5.41, 5.74) is 0. The second-order valence-corrected chi connectivity index (χ2v) is 6.17. The molecule has 4 nitrogen and oxygen atoms in total. The fourth-order valence-electron chi connectivity index (χ4n) is 3.15. The Kier molecular flexibility index (Phi) is 5.22. The fraction of sp³-hybridized carbons (Fsp3) is 0.933. The Balaban J connectivity index is 2.06. The minimum absolute atomic E-state index is 0.0225. The molecule has 2 aliphatic heterocycles. The molecular weight excluding hydrogens is 240 g/mol. The lowest BCUT2D eigenvalue weighted by Gasteiger charge is -2.36. The van der Waals surface area contributed by atoms with E-state index in [1.54, 1.807) is 0 Å². The summed E-state index contributed by atoms with van der Waals surface area (Å²) in [6, 6.07) is 0.294. The van der Waals surface area contributed by atoms with Gasteiger partial charge in [0.15, 0.2) is 0 Å². The molecule has 0 aromatic rings. The number of amides is 1. The van der Waals surface area contributed by atoms with Crippen LogP contribution in [0.25, 0.3) is 0 Å². The van der Waals surface area contributed by atoms with Crippen molar-refractivity contribution < 1.29 is 9.53 Å². The van der Waals surface area contributed by atoms with Crippen LogP contribution in [0.3, 0.4) is 0 Å². The summed E-state index contributed by atoms with van der Waals surface area (Å²) >= 11 is 0. The summed E-state index contributed by atoms with van der Waals surface area (Å²) in [4.78, 5) is 14.7. The predicted molar refractivity (Wildman–Crippen MR) is 75.8 cm³/mol. The first-order valence-electron chi connectivity index (χ1n) is 7.81. The van der Waals surface area contributed by atoms with E-state index < -0.39 is 0 Å². The van der Waals surface area contributed by atoms with Gasteiger partial charge in [-0.15, -0.1) is 0 Å². The van der Waals surface area contributed by atoms with Crippen LogP contribution in [0.15, 0.2) is 0 Å². The highest BCUT2D eigenvalue weighted by Crippen LogP contribution is 2.26. The average molecular weight is 268 g/mol. The molecule has 0 aliphatic carbocycles. The molecule has 2 rings (SSSR count). The van der Waals surface area contributed by atoms with E-state index in [0.29, 0.717) is 18.4 Å². The molecule has 0 spiro atoms. The second-order valence-electron chi connectivity index (χ2n) is 6.17. The molecule has 0 radical (unpaired) electrons. The number of ether oxygens (including phenoxy) is 1. The Morgan fingerprint density at radius 3 is 2.84 bits per heavy atom. The lowest BCUT2D eigenvalue weighted by Crippen LogP contribution is -2.50. The van der Waals surface area contributed by atoms with E-state index in [9.17, 15) is 4.79 Å². The van der Waals surface area contributed by atoms with E-state index >= 15 is 0 Å². The fourth-order valence-corrected chi connectivity index (χ4v) is 3.15. The van der Waals surface area contributed by atoms with Gasteiger partial charge >= 0.3 is 0 Å². The first-order chi connectivity index (χ1) is 9.15. The Labute approximate surface area is 116 Å². The number of unbranched alkanes of at least 4 members (excludes halogenated alkanes) is 1. The molecular formula is C15H28N2O2. The molecule has 2 heterocycles.